The van der Waals surface area contributed by atoms with Crippen LogP contribution >= 0.6 is 0 Å². The van der Waals surface area contributed by atoms with Crippen molar-refractivity contribution in [2.24, 2.45) is 40.4 Å². The van der Waals surface area contributed by atoms with Crippen LogP contribution < -0.4 is 4.74 Å². The van der Waals surface area contributed by atoms with Gasteiger partial charge in [-0.05, 0) is 79.4 Å². The number of allylic oxidation sites excluding steroid dienone is 1. The third kappa shape index (κ3) is 6.03. The van der Waals surface area contributed by atoms with Crippen LogP contribution in [0, 0.1) is 40.4 Å². The molecular weight excluding hydrogens is 528 g/mol. The quantitative estimate of drug-likeness (QED) is 0.0848. The van der Waals surface area contributed by atoms with E-state index in [0.29, 0.717) is 32.7 Å². The fourth-order valence-corrected chi connectivity index (χ4v) is 8.44. The van der Waals surface area contributed by atoms with E-state index in [1.165, 1.54) is 0 Å². The second kappa shape index (κ2) is 14.2. The van der Waals surface area contributed by atoms with Crippen LogP contribution in [0.5, 0.6) is 5.75 Å². The first-order valence-electron chi connectivity index (χ1n) is 15.7. The van der Waals surface area contributed by atoms with Gasteiger partial charge in [-0.3, -0.25) is 4.79 Å². The Bertz CT molecular complexity index is 1120. The molecule has 3 aliphatic carbocycles. The molecule has 0 heterocycles. The number of unbranched alkanes of at least 4 members (excludes halogenated alkanes) is 1. The number of hydrogen-bond acceptors (Lipinski definition) is 6. The number of methoxy groups -OCH3 is 1. The molecule has 1 aromatic rings. The van der Waals surface area contributed by atoms with E-state index in [1.807, 2.05) is 24.3 Å². The van der Waals surface area contributed by atoms with Crippen LogP contribution in [-0.4, -0.2) is 45.3 Å². The number of ether oxygens (including phenoxy) is 4. The molecule has 2 fully saturated rings. The lowest BCUT2D eigenvalue weighted by molar-refractivity contribution is -0.167. The highest BCUT2D eigenvalue weighted by molar-refractivity contribution is 5.89. The van der Waals surface area contributed by atoms with E-state index < -0.39 is 10.8 Å². The monoisotopic (exact) mass is 578 g/mol. The van der Waals surface area contributed by atoms with Crippen molar-refractivity contribution in [1.29, 1.82) is 0 Å². The molecule has 4 rings (SSSR count). The lowest BCUT2D eigenvalue weighted by atomic mass is 9.52. The molecule has 0 aliphatic heterocycles. The maximum absolute atomic E-state index is 14.5. The molecule has 7 atom stereocenters. The van der Waals surface area contributed by atoms with Crippen molar-refractivity contribution in [2.75, 3.05) is 26.9 Å². The molecule has 6 nitrogen and oxygen atoms in total. The first-order chi connectivity index (χ1) is 20.3. The van der Waals surface area contributed by atoms with Gasteiger partial charge in [-0.2, -0.15) is 0 Å². The Labute approximate surface area is 252 Å². The van der Waals surface area contributed by atoms with Crippen molar-refractivity contribution in [2.45, 2.75) is 72.0 Å². The highest BCUT2D eigenvalue weighted by Crippen LogP contribution is 2.71. The minimum Gasteiger partial charge on any atom is -0.497 e. The van der Waals surface area contributed by atoms with E-state index >= 15 is 0 Å². The largest absolute Gasteiger partial charge is 0.497 e. The summed E-state index contributed by atoms with van der Waals surface area (Å²) in [5.41, 5.74) is 0.186. The summed E-state index contributed by atoms with van der Waals surface area (Å²) in [6, 6.07) is 7.57. The third-order valence-electron chi connectivity index (χ3n) is 10.2. The van der Waals surface area contributed by atoms with Gasteiger partial charge in [0.2, 0.25) is 0 Å². The SMILES string of the molecule is C=CCOCCCCC1C(C)C(OCC=C)CC1[C@@]1(C=O)CC2C=C(C(C)C)[C@@]1(C(=O)OCc1ccc(OC)cc1)C2. The maximum Gasteiger partial charge on any atom is 0.317 e. The molecular formula is C36H50O6. The smallest absolute Gasteiger partial charge is 0.317 e. The average Bonchev–Trinajstić information content (AvgIpc) is 3.65. The zero-order valence-corrected chi connectivity index (χ0v) is 26.0. The first-order valence-corrected chi connectivity index (χ1v) is 15.7. The number of aldehydes is 1. The molecule has 6 heteroatoms. The Morgan fingerprint density at radius 3 is 2.48 bits per heavy atom. The van der Waals surface area contributed by atoms with E-state index in [-0.39, 0.29) is 48.3 Å². The molecule has 2 saturated carbocycles. The summed E-state index contributed by atoms with van der Waals surface area (Å²) in [6.07, 6.45) is 12.0. The van der Waals surface area contributed by atoms with Gasteiger partial charge in [0.05, 0.1) is 26.4 Å². The number of esters is 1. The standard InChI is InChI=1S/C36H50O6/c1-7-16-40-18-10-9-11-30-26(5)33(41-17-8-2)20-32(30)35(24-37)21-28-19-31(25(3)4)36(35,22-28)34(38)42-23-27-12-14-29(39-6)15-13-27/h7-8,12-15,19,24-26,28,30,32-33H,1-2,9-11,16-18,20-23H2,3-6H3/t26?,28?,30?,32?,33?,35-,36+/m0/s1. The Morgan fingerprint density at radius 1 is 1.10 bits per heavy atom. The Balaban J connectivity index is 1.65. The summed E-state index contributed by atoms with van der Waals surface area (Å²) in [4.78, 5) is 28.1. The molecule has 0 spiro atoms. The van der Waals surface area contributed by atoms with Gasteiger partial charge < -0.3 is 23.7 Å². The minimum absolute atomic E-state index is 0.0183. The lowest BCUT2D eigenvalue weighted by Crippen LogP contribution is -2.53. The molecule has 3 aliphatic rings. The van der Waals surface area contributed by atoms with Gasteiger partial charge >= 0.3 is 5.97 Å². The Kier molecular flexibility index (Phi) is 10.9. The van der Waals surface area contributed by atoms with Gasteiger partial charge in [0.25, 0.3) is 0 Å². The van der Waals surface area contributed by atoms with Crippen LogP contribution in [0.15, 0.2) is 61.2 Å². The van der Waals surface area contributed by atoms with Crippen molar-refractivity contribution in [1.82, 2.24) is 0 Å². The van der Waals surface area contributed by atoms with Gasteiger partial charge in [-0.25, -0.2) is 0 Å². The van der Waals surface area contributed by atoms with E-state index in [4.69, 9.17) is 18.9 Å². The summed E-state index contributed by atoms with van der Waals surface area (Å²) in [5, 5.41) is 0. The molecule has 0 amide bonds. The first kappa shape index (κ1) is 32.2. The van der Waals surface area contributed by atoms with Gasteiger partial charge in [-0.15, -0.1) is 13.2 Å². The summed E-state index contributed by atoms with van der Waals surface area (Å²) in [5.74, 6) is 1.36. The highest BCUT2D eigenvalue weighted by Gasteiger charge is 2.72. The fourth-order valence-electron chi connectivity index (χ4n) is 8.44. The number of hydrogen-bond donors (Lipinski definition) is 0. The number of fused-ring (bicyclic) bond motifs is 2. The highest BCUT2D eigenvalue weighted by atomic mass is 16.5. The predicted molar refractivity (Wildman–Crippen MR) is 165 cm³/mol. The molecule has 0 N–H and O–H groups in total. The second-order valence-corrected chi connectivity index (χ2v) is 12.8. The topological polar surface area (TPSA) is 71.1 Å². The average molecular weight is 579 g/mol. The van der Waals surface area contributed by atoms with Crippen molar-refractivity contribution in [3.8, 4) is 5.75 Å². The number of benzene rings is 1. The van der Waals surface area contributed by atoms with Crippen molar-refractivity contribution in [3.63, 3.8) is 0 Å². The van der Waals surface area contributed by atoms with Gasteiger partial charge in [-0.1, -0.05) is 63.1 Å². The molecule has 1 aromatic carbocycles. The van der Waals surface area contributed by atoms with E-state index in [0.717, 1.165) is 48.9 Å². The van der Waals surface area contributed by atoms with Gasteiger partial charge in [0.1, 0.15) is 24.1 Å². The number of carbonyl (C=O) groups is 2. The Hall–Kier alpha value is -2.70. The third-order valence-corrected chi connectivity index (χ3v) is 10.2. The van der Waals surface area contributed by atoms with E-state index in [9.17, 15) is 9.59 Å². The minimum atomic E-state index is -0.955. The molecule has 5 unspecified atom stereocenters. The normalized spacial score (nSPS) is 31.6. The second-order valence-electron chi connectivity index (χ2n) is 12.8. The number of rotatable bonds is 17. The van der Waals surface area contributed by atoms with Gasteiger partial charge in [0, 0.05) is 12.0 Å². The van der Waals surface area contributed by atoms with Crippen LogP contribution in [0.3, 0.4) is 0 Å². The molecule has 230 valence electrons. The summed E-state index contributed by atoms with van der Waals surface area (Å²) in [7, 11) is 1.63. The Morgan fingerprint density at radius 2 is 1.83 bits per heavy atom. The van der Waals surface area contributed by atoms with Crippen LogP contribution in [-0.2, 0) is 30.4 Å². The lowest BCUT2D eigenvalue weighted by Gasteiger charge is -2.49. The fraction of sp³-hybridized carbons (Fsp3) is 0.611. The molecule has 42 heavy (non-hydrogen) atoms. The van der Waals surface area contributed by atoms with Crippen LogP contribution in [0.4, 0.5) is 0 Å². The van der Waals surface area contributed by atoms with Crippen LogP contribution in [0.25, 0.3) is 0 Å². The summed E-state index contributed by atoms with van der Waals surface area (Å²) >= 11 is 0. The molecule has 0 radical (unpaired) electrons. The zero-order valence-electron chi connectivity index (χ0n) is 26.0. The van der Waals surface area contributed by atoms with Crippen molar-refractivity contribution >= 4 is 12.3 Å². The van der Waals surface area contributed by atoms with Crippen molar-refractivity contribution in [3.05, 3.63) is 66.8 Å². The van der Waals surface area contributed by atoms with Gasteiger partial charge in [0.15, 0.2) is 0 Å². The summed E-state index contributed by atoms with van der Waals surface area (Å²) < 4.78 is 23.4. The van der Waals surface area contributed by atoms with Crippen LogP contribution in [0.1, 0.15) is 64.9 Å². The van der Waals surface area contributed by atoms with Crippen molar-refractivity contribution < 1.29 is 28.5 Å². The predicted octanol–water partition coefficient (Wildman–Crippen LogP) is 7.13. The maximum atomic E-state index is 14.5. The number of carbonyl (C=O) groups excluding carboxylic acids is 2. The molecule has 0 aromatic heterocycles. The van der Waals surface area contributed by atoms with E-state index in [1.54, 1.807) is 19.3 Å². The van der Waals surface area contributed by atoms with Crippen LogP contribution in [0.2, 0.25) is 0 Å². The molecule has 2 bridgehead atoms. The summed E-state index contributed by atoms with van der Waals surface area (Å²) in [6.45, 7) is 16.0. The van der Waals surface area contributed by atoms with E-state index in [2.05, 4.69) is 40.0 Å². The zero-order chi connectivity index (χ0) is 30.3. The molecule has 0 saturated heterocycles.